The molecular formula is C30H26N2O5S. The van der Waals surface area contributed by atoms with Crippen LogP contribution >= 0.6 is 11.3 Å². The molecule has 1 aliphatic rings. The van der Waals surface area contributed by atoms with E-state index in [2.05, 4.69) is 59.0 Å². The van der Waals surface area contributed by atoms with E-state index >= 15 is 0 Å². The van der Waals surface area contributed by atoms with Crippen LogP contribution in [0.5, 0.6) is 17.2 Å². The number of nitrogens with zero attached hydrogens (tertiary/aromatic N) is 1. The Morgan fingerprint density at radius 1 is 1.03 bits per heavy atom. The van der Waals surface area contributed by atoms with Crippen LogP contribution in [0.15, 0.2) is 89.1 Å². The molecule has 8 heteroatoms. The first kappa shape index (κ1) is 24.1. The number of amides is 1. The third kappa shape index (κ3) is 5.22. The average Bonchev–Trinajstić information content (AvgIpc) is 3.69. The van der Waals surface area contributed by atoms with Gasteiger partial charge in [0.05, 0.1) is 12.5 Å². The molecule has 0 unspecified atom stereocenters. The second kappa shape index (κ2) is 10.6. The zero-order chi connectivity index (χ0) is 25.9. The predicted octanol–water partition coefficient (Wildman–Crippen LogP) is 6.54. The van der Waals surface area contributed by atoms with Gasteiger partial charge in [0.2, 0.25) is 6.79 Å². The van der Waals surface area contributed by atoms with Crippen LogP contribution in [0, 0.1) is 0 Å². The topological polar surface area (TPSA) is 73.2 Å². The summed E-state index contributed by atoms with van der Waals surface area (Å²) in [5, 5.41) is 6.29. The van der Waals surface area contributed by atoms with Crippen molar-refractivity contribution in [1.82, 2.24) is 4.90 Å². The number of carbonyl (C=O) groups is 1. The van der Waals surface area contributed by atoms with Crippen molar-refractivity contribution in [2.75, 3.05) is 25.8 Å². The largest absolute Gasteiger partial charge is 0.483 e. The summed E-state index contributed by atoms with van der Waals surface area (Å²) in [5.74, 6) is 1.70. The zero-order valence-electron chi connectivity index (χ0n) is 20.8. The molecule has 1 aliphatic heterocycles. The van der Waals surface area contributed by atoms with Crippen LogP contribution < -0.4 is 19.5 Å². The summed E-state index contributed by atoms with van der Waals surface area (Å²) >= 11 is 1.74. The lowest BCUT2D eigenvalue weighted by Gasteiger charge is -2.19. The number of thiophene rings is 1. The lowest BCUT2D eigenvalue weighted by molar-refractivity contribution is -0.118. The van der Waals surface area contributed by atoms with E-state index in [0.29, 0.717) is 29.5 Å². The fraction of sp³-hybridized carbons (Fsp3) is 0.167. The lowest BCUT2D eigenvalue weighted by Crippen LogP contribution is -2.21. The standard InChI is InChI=1S/C30H26N2O5S/c1-32(14-20-10-11-34-16-20)15-22-12-21(25-18-38-29-5-3-2-4-24(25)29)6-8-26(22)35-17-30(33)31-23-7-9-27-28(13-23)37-19-36-27/h2-13,16,18H,14-15,17,19H2,1H3,(H,31,33). The third-order valence-corrected chi connectivity index (χ3v) is 7.30. The number of furan rings is 1. The van der Waals surface area contributed by atoms with E-state index in [1.54, 1.807) is 42.1 Å². The van der Waals surface area contributed by atoms with Gasteiger partial charge < -0.3 is 23.9 Å². The minimum Gasteiger partial charge on any atom is -0.483 e. The van der Waals surface area contributed by atoms with Gasteiger partial charge in [0, 0.05) is 51.6 Å². The molecule has 0 bridgehead atoms. The molecule has 0 atom stereocenters. The van der Waals surface area contributed by atoms with Crippen LogP contribution in [0.2, 0.25) is 0 Å². The first-order valence-corrected chi connectivity index (χ1v) is 13.1. The maximum Gasteiger partial charge on any atom is 0.262 e. The normalized spacial score (nSPS) is 12.3. The van der Waals surface area contributed by atoms with Crippen molar-refractivity contribution in [1.29, 1.82) is 0 Å². The molecule has 1 N–H and O–H groups in total. The van der Waals surface area contributed by atoms with Crippen molar-refractivity contribution in [3.05, 3.63) is 95.8 Å². The van der Waals surface area contributed by atoms with E-state index < -0.39 is 0 Å². The first-order chi connectivity index (χ1) is 18.6. The minimum absolute atomic E-state index is 0.117. The quantitative estimate of drug-likeness (QED) is 0.235. The molecule has 3 heterocycles. The number of anilines is 1. The number of carbonyl (C=O) groups excluding carboxylic acids is 1. The Morgan fingerprint density at radius 3 is 2.82 bits per heavy atom. The number of benzene rings is 3. The Bertz CT molecular complexity index is 1580. The minimum atomic E-state index is -0.255. The van der Waals surface area contributed by atoms with Gasteiger partial charge >= 0.3 is 0 Å². The highest BCUT2D eigenvalue weighted by atomic mass is 32.1. The number of ether oxygens (including phenoxy) is 3. The summed E-state index contributed by atoms with van der Waals surface area (Å²) in [4.78, 5) is 14.9. The molecular weight excluding hydrogens is 500 g/mol. The average molecular weight is 527 g/mol. The Kier molecular flexibility index (Phi) is 6.73. The van der Waals surface area contributed by atoms with E-state index in [1.165, 1.54) is 15.6 Å². The van der Waals surface area contributed by atoms with Gasteiger partial charge in [-0.2, -0.15) is 0 Å². The fourth-order valence-corrected chi connectivity index (χ4v) is 5.54. The molecule has 2 aromatic heterocycles. The summed E-state index contributed by atoms with van der Waals surface area (Å²) in [6.45, 7) is 1.44. The van der Waals surface area contributed by atoms with E-state index in [4.69, 9.17) is 18.6 Å². The van der Waals surface area contributed by atoms with Crippen molar-refractivity contribution in [3.8, 4) is 28.4 Å². The molecule has 0 saturated heterocycles. The molecule has 6 rings (SSSR count). The summed E-state index contributed by atoms with van der Waals surface area (Å²) in [6, 6.07) is 21.8. The highest BCUT2D eigenvalue weighted by Crippen LogP contribution is 2.37. The van der Waals surface area contributed by atoms with Gasteiger partial charge in [-0.15, -0.1) is 11.3 Å². The number of hydrogen-bond acceptors (Lipinski definition) is 7. The third-order valence-electron chi connectivity index (χ3n) is 6.34. The molecule has 3 aromatic carbocycles. The van der Waals surface area contributed by atoms with Gasteiger partial charge in [0.15, 0.2) is 18.1 Å². The van der Waals surface area contributed by atoms with Gasteiger partial charge in [-0.25, -0.2) is 0 Å². The Balaban J connectivity index is 1.21. The number of rotatable bonds is 9. The van der Waals surface area contributed by atoms with Crippen LogP contribution in [0.4, 0.5) is 5.69 Å². The Hall–Kier alpha value is -4.27. The molecule has 1 amide bonds. The van der Waals surface area contributed by atoms with Crippen LogP contribution in [-0.4, -0.2) is 31.3 Å². The molecule has 0 radical (unpaired) electrons. The number of nitrogens with one attached hydrogen (secondary N) is 1. The van der Waals surface area contributed by atoms with Crippen LogP contribution in [-0.2, 0) is 17.9 Å². The van der Waals surface area contributed by atoms with Crippen LogP contribution in [0.1, 0.15) is 11.1 Å². The second-order valence-electron chi connectivity index (χ2n) is 9.18. The van der Waals surface area contributed by atoms with E-state index in [0.717, 1.165) is 23.2 Å². The van der Waals surface area contributed by atoms with E-state index in [1.807, 2.05) is 12.1 Å². The zero-order valence-corrected chi connectivity index (χ0v) is 21.6. The molecule has 5 aromatic rings. The van der Waals surface area contributed by atoms with Gasteiger partial charge in [-0.3, -0.25) is 9.69 Å². The molecule has 7 nitrogen and oxygen atoms in total. The maximum absolute atomic E-state index is 12.7. The molecule has 192 valence electrons. The van der Waals surface area contributed by atoms with E-state index in [9.17, 15) is 4.79 Å². The summed E-state index contributed by atoms with van der Waals surface area (Å²) < 4.78 is 23.3. The Labute approximate surface area is 224 Å². The van der Waals surface area contributed by atoms with Crippen LogP contribution in [0.25, 0.3) is 21.2 Å². The molecule has 0 spiro atoms. The number of fused-ring (bicyclic) bond motifs is 2. The van der Waals surface area contributed by atoms with Gasteiger partial charge in [0.1, 0.15) is 5.75 Å². The molecule has 0 aliphatic carbocycles. The summed E-state index contributed by atoms with van der Waals surface area (Å²) in [7, 11) is 2.05. The summed E-state index contributed by atoms with van der Waals surface area (Å²) in [6.07, 6.45) is 3.43. The fourth-order valence-electron chi connectivity index (χ4n) is 4.57. The molecule has 0 fully saturated rings. The van der Waals surface area contributed by atoms with Crippen molar-refractivity contribution >= 4 is 33.0 Å². The van der Waals surface area contributed by atoms with E-state index in [-0.39, 0.29) is 19.3 Å². The highest BCUT2D eigenvalue weighted by molar-refractivity contribution is 7.17. The van der Waals surface area contributed by atoms with Crippen molar-refractivity contribution in [2.45, 2.75) is 13.1 Å². The van der Waals surface area contributed by atoms with Gasteiger partial charge in [0.25, 0.3) is 5.91 Å². The lowest BCUT2D eigenvalue weighted by atomic mass is 10.0. The molecule has 38 heavy (non-hydrogen) atoms. The van der Waals surface area contributed by atoms with Crippen molar-refractivity contribution in [3.63, 3.8) is 0 Å². The summed E-state index contributed by atoms with van der Waals surface area (Å²) in [5.41, 5.74) is 5.03. The first-order valence-electron chi connectivity index (χ1n) is 12.2. The van der Waals surface area contributed by atoms with Crippen molar-refractivity contribution in [2.24, 2.45) is 0 Å². The smallest absolute Gasteiger partial charge is 0.262 e. The van der Waals surface area contributed by atoms with Gasteiger partial charge in [-0.05, 0) is 54.4 Å². The highest BCUT2D eigenvalue weighted by Gasteiger charge is 2.16. The molecule has 0 saturated carbocycles. The van der Waals surface area contributed by atoms with Gasteiger partial charge in [-0.1, -0.05) is 24.3 Å². The SMILES string of the molecule is CN(Cc1ccoc1)Cc1cc(-c2csc3ccccc23)ccc1OCC(=O)Nc1ccc2c(c1)OCO2. The second-order valence-corrected chi connectivity index (χ2v) is 10.1. The Morgan fingerprint density at radius 2 is 1.92 bits per heavy atom. The van der Waals surface area contributed by atoms with Crippen LogP contribution in [0.3, 0.4) is 0 Å². The monoisotopic (exact) mass is 526 g/mol. The number of hydrogen-bond donors (Lipinski definition) is 1. The maximum atomic E-state index is 12.7. The predicted molar refractivity (Wildman–Crippen MR) is 148 cm³/mol. The van der Waals surface area contributed by atoms with Crippen molar-refractivity contribution < 1.29 is 23.4 Å².